The highest BCUT2D eigenvalue weighted by atomic mass is 16.5. The molecule has 0 bridgehead atoms. The molecule has 1 aromatic carbocycles. The van der Waals surface area contributed by atoms with Crippen LogP contribution in [0, 0.1) is 46.3 Å². The van der Waals surface area contributed by atoms with Crippen LogP contribution in [0.25, 0.3) is 6.08 Å². The van der Waals surface area contributed by atoms with Crippen molar-refractivity contribution in [3.63, 3.8) is 0 Å². The van der Waals surface area contributed by atoms with Gasteiger partial charge in [0.2, 0.25) is 0 Å². The fourth-order valence-corrected chi connectivity index (χ4v) is 8.44. The van der Waals surface area contributed by atoms with Crippen LogP contribution in [-0.2, 0) is 23.9 Å². The quantitative estimate of drug-likeness (QED) is 0.376. The van der Waals surface area contributed by atoms with Crippen LogP contribution in [0.5, 0.6) is 5.75 Å². The molecule has 0 radical (unpaired) electrons. The monoisotopic (exact) mass is 494 g/mol. The third-order valence-corrected chi connectivity index (χ3v) is 10.2. The van der Waals surface area contributed by atoms with E-state index in [9.17, 15) is 29.4 Å². The third kappa shape index (κ3) is 3.35. The van der Waals surface area contributed by atoms with Gasteiger partial charge in [-0.15, -0.1) is 0 Å². The first-order valence-corrected chi connectivity index (χ1v) is 12.9. The maximum absolute atomic E-state index is 13.9. The highest BCUT2D eigenvalue weighted by molar-refractivity contribution is 6.11. The third-order valence-electron chi connectivity index (χ3n) is 10.2. The van der Waals surface area contributed by atoms with Crippen LogP contribution in [0.4, 0.5) is 0 Å². The van der Waals surface area contributed by atoms with E-state index in [-0.39, 0.29) is 53.2 Å². The molecule has 4 fully saturated rings. The Morgan fingerprint density at radius 3 is 2.39 bits per heavy atom. The largest absolute Gasteiger partial charge is 0.508 e. The number of carbonyl (C=O) groups is 4. The number of hydrogen-bond acceptors (Lipinski definition) is 7. The van der Waals surface area contributed by atoms with Crippen molar-refractivity contribution in [1.82, 2.24) is 0 Å². The molecule has 4 aliphatic rings. The second-order valence-electron chi connectivity index (χ2n) is 11.8. The van der Waals surface area contributed by atoms with Gasteiger partial charge in [0, 0.05) is 23.2 Å². The first kappa shape index (κ1) is 24.9. The summed E-state index contributed by atoms with van der Waals surface area (Å²) in [5.74, 6) is -4.10. The highest BCUT2D eigenvalue weighted by Crippen LogP contribution is 2.69. The molecule has 0 spiro atoms. The number of ketones is 3. The number of benzene rings is 1. The number of aromatic hydroxyl groups is 1. The zero-order valence-electron chi connectivity index (χ0n) is 21.1. The molecule has 7 nitrogen and oxygen atoms in total. The summed E-state index contributed by atoms with van der Waals surface area (Å²) in [5.41, 5.74) is -1.17. The zero-order valence-corrected chi connectivity index (χ0v) is 21.1. The number of fused-ring (bicyclic) bond motifs is 2. The Morgan fingerprint density at radius 1 is 1.06 bits per heavy atom. The van der Waals surface area contributed by atoms with E-state index in [1.807, 2.05) is 20.8 Å². The number of aliphatic hydroxyl groups is 1. The summed E-state index contributed by atoms with van der Waals surface area (Å²) in [5, 5.41) is 20.3. The van der Waals surface area contributed by atoms with Crippen LogP contribution in [0.3, 0.4) is 0 Å². The van der Waals surface area contributed by atoms with Crippen molar-refractivity contribution in [2.45, 2.75) is 59.2 Å². The molecule has 2 N–H and O–H groups in total. The van der Waals surface area contributed by atoms with Crippen LogP contribution in [0.1, 0.15) is 52.5 Å². The highest BCUT2D eigenvalue weighted by Gasteiger charge is 2.74. The molecule has 36 heavy (non-hydrogen) atoms. The lowest BCUT2D eigenvalue weighted by atomic mass is 9.36. The van der Waals surface area contributed by atoms with Crippen LogP contribution in [-0.4, -0.2) is 45.7 Å². The number of phenols is 1. The molecular formula is C29H34O7. The van der Waals surface area contributed by atoms with Gasteiger partial charge in [0.05, 0.1) is 5.92 Å². The van der Waals surface area contributed by atoms with E-state index < -0.39 is 40.8 Å². The van der Waals surface area contributed by atoms with Gasteiger partial charge in [-0.2, -0.15) is 0 Å². The van der Waals surface area contributed by atoms with Gasteiger partial charge in [0.1, 0.15) is 23.7 Å². The van der Waals surface area contributed by atoms with Crippen LogP contribution in [0.2, 0.25) is 0 Å². The van der Waals surface area contributed by atoms with Gasteiger partial charge < -0.3 is 14.9 Å². The number of ether oxygens (including phenoxy) is 1. The Balaban J connectivity index is 1.65. The number of phenolic OH excluding ortho intramolecular Hbond substituents is 1. The first-order valence-electron chi connectivity index (χ1n) is 12.9. The fraction of sp³-hybridized carbons (Fsp3) is 0.586. The van der Waals surface area contributed by atoms with Gasteiger partial charge >= 0.3 is 5.97 Å². The number of rotatable bonds is 3. The predicted octanol–water partition coefficient (Wildman–Crippen LogP) is 3.36. The number of Topliss-reactive ketones (excluding diaryl/α,β-unsaturated/α-hetero) is 2. The molecule has 192 valence electrons. The minimum Gasteiger partial charge on any atom is -0.508 e. The van der Waals surface area contributed by atoms with Crippen molar-refractivity contribution >= 4 is 29.4 Å². The summed E-state index contributed by atoms with van der Waals surface area (Å²) in [7, 11) is 0. The lowest BCUT2D eigenvalue weighted by Gasteiger charge is -2.68. The molecule has 3 aliphatic carbocycles. The van der Waals surface area contributed by atoms with Crippen molar-refractivity contribution < 1.29 is 34.1 Å². The number of aliphatic hydroxyl groups excluding tert-OH is 1. The number of allylic oxidation sites excluding steroid dienone is 1. The summed E-state index contributed by atoms with van der Waals surface area (Å²) in [6, 6.07) is 6.36. The standard InChI is InChI=1S/C29H34O7/c1-14-11-21(32)27(35)29(4)18(14)12-22-28(3)19(13-23(33)36-22)15(2)25(34)24(26(28)29)20(31)10-7-16-5-8-17(30)9-6-16/h5-10,14-15,18-19,21-22,24,26,30,32H,11-13H2,1-4H3/b10-7+/t14-,15-,18+,19+,21+,22-,24-,26+,28-,29+/m1/s1. The van der Waals surface area contributed by atoms with E-state index in [0.29, 0.717) is 18.4 Å². The summed E-state index contributed by atoms with van der Waals surface area (Å²) in [6.45, 7) is 7.57. The second-order valence-corrected chi connectivity index (χ2v) is 11.8. The molecule has 1 heterocycles. The Bertz CT molecular complexity index is 1150. The molecule has 0 unspecified atom stereocenters. The number of esters is 1. The number of carbonyl (C=O) groups excluding carboxylic acids is 4. The van der Waals surface area contributed by atoms with Crippen molar-refractivity contribution in [3.8, 4) is 5.75 Å². The fourth-order valence-electron chi connectivity index (χ4n) is 8.44. The van der Waals surface area contributed by atoms with E-state index in [1.54, 1.807) is 25.1 Å². The van der Waals surface area contributed by atoms with Gasteiger partial charge in [-0.05, 0) is 60.3 Å². The average molecular weight is 495 g/mol. The van der Waals surface area contributed by atoms with Crippen LogP contribution in [0.15, 0.2) is 30.3 Å². The first-order chi connectivity index (χ1) is 16.9. The topological polar surface area (TPSA) is 118 Å². The lowest BCUT2D eigenvalue weighted by Crippen LogP contribution is -2.73. The van der Waals surface area contributed by atoms with Crippen LogP contribution < -0.4 is 0 Å². The van der Waals surface area contributed by atoms with Gasteiger partial charge in [-0.1, -0.05) is 45.9 Å². The van der Waals surface area contributed by atoms with E-state index >= 15 is 0 Å². The summed E-state index contributed by atoms with van der Waals surface area (Å²) >= 11 is 0. The molecule has 0 aromatic heterocycles. The van der Waals surface area contributed by atoms with Crippen molar-refractivity contribution in [1.29, 1.82) is 0 Å². The summed E-state index contributed by atoms with van der Waals surface area (Å²) < 4.78 is 5.91. The minimum absolute atomic E-state index is 0.0379. The Morgan fingerprint density at radius 2 is 1.72 bits per heavy atom. The molecule has 1 aliphatic heterocycles. The maximum Gasteiger partial charge on any atom is 0.306 e. The van der Waals surface area contributed by atoms with Gasteiger partial charge in [-0.25, -0.2) is 0 Å². The minimum atomic E-state index is -1.15. The lowest BCUT2D eigenvalue weighted by molar-refractivity contribution is -0.246. The van der Waals surface area contributed by atoms with Gasteiger partial charge in [-0.3, -0.25) is 19.2 Å². The van der Waals surface area contributed by atoms with Gasteiger partial charge in [0.15, 0.2) is 11.6 Å². The van der Waals surface area contributed by atoms with Crippen molar-refractivity contribution in [2.24, 2.45) is 46.3 Å². The molecule has 0 amide bonds. The predicted molar refractivity (Wildman–Crippen MR) is 130 cm³/mol. The van der Waals surface area contributed by atoms with Crippen molar-refractivity contribution in [2.75, 3.05) is 0 Å². The number of hydrogen-bond donors (Lipinski definition) is 2. The maximum atomic E-state index is 13.9. The Hall–Kier alpha value is -2.80. The molecular weight excluding hydrogens is 460 g/mol. The molecule has 1 aromatic rings. The molecule has 5 rings (SSSR count). The summed E-state index contributed by atoms with van der Waals surface area (Å²) in [4.78, 5) is 54.1. The summed E-state index contributed by atoms with van der Waals surface area (Å²) in [6.07, 6.45) is 2.22. The SMILES string of the molecule is C[C@@H]1C[C@H](O)C(=O)[C@]2(C)[C@H]3[C@H](C(=O)/C=C/c4ccc(O)cc4)C(=O)[C@H](C)[C@@H]4CC(=O)O[C@H](C[C@@H]12)[C@]34C. The molecule has 7 heteroatoms. The van der Waals surface area contributed by atoms with Crippen LogP contribution >= 0.6 is 0 Å². The van der Waals surface area contributed by atoms with Crippen molar-refractivity contribution in [3.05, 3.63) is 35.9 Å². The normalized spacial score (nSPS) is 44.1. The smallest absolute Gasteiger partial charge is 0.306 e. The van der Waals surface area contributed by atoms with E-state index in [0.717, 1.165) is 0 Å². The zero-order chi connectivity index (χ0) is 26.2. The second kappa shape index (κ2) is 8.37. The van der Waals surface area contributed by atoms with E-state index in [1.165, 1.54) is 18.2 Å². The Labute approximate surface area is 210 Å². The van der Waals surface area contributed by atoms with E-state index in [4.69, 9.17) is 4.74 Å². The van der Waals surface area contributed by atoms with E-state index in [2.05, 4.69) is 0 Å². The van der Waals surface area contributed by atoms with Gasteiger partial charge in [0.25, 0.3) is 0 Å². The molecule has 1 saturated heterocycles. The average Bonchev–Trinajstić information content (AvgIpc) is 2.82. The molecule has 10 atom stereocenters. The Kier molecular flexibility index (Phi) is 5.78. The molecule has 3 saturated carbocycles.